The Hall–Kier alpha value is -1.68. The molecule has 2 N–H and O–H groups in total. The first-order valence-electron chi connectivity index (χ1n) is 11.3. The van der Waals surface area contributed by atoms with E-state index in [2.05, 4.69) is 14.9 Å². The zero-order chi connectivity index (χ0) is 22.4. The first kappa shape index (κ1) is 24.0. The highest BCUT2D eigenvalue weighted by Crippen LogP contribution is 2.45. The number of nitrogens with zero attached hydrogens (tertiary/aromatic N) is 4. The lowest BCUT2D eigenvalue weighted by Gasteiger charge is -2.39. The summed E-state index contributed by atoms with van der Waals surface area (Å²) in [6.45, 7) is 6.10. The van der Waals surface area contributed by atoms with E-state index < -0.39 is 6.09 Å². The number of aromatic nitrogens is 2. The number of amides is 1. The number of ether oxygens (including phenoxy) is 2. The predicted octanol–water partition coefficient (Wildman–Crippen LogP) is 1.96. The quantitative estimate of drug-likeness (QED) is 0.578. The molecule has 0 radical (unpaired) electrons. The number of fused-ring (bicyclic) bond motifs is 1. The lowest BCUT2D eigenvalue weighted by Crippen LogP contribution is -2.36. The molecule has 0 spiro atoms. The molecule has 3 rings (SSSR count). The van der Waals surface area contributed by atoms with Gasteiger partial charge >= 0.3 is 6.09 Å². The van der Waals surface area contributed by atoms with Crippen molar-refractivity contribution >= 4 is 6.09 Å². The van der Waals surface area contributed by atoms with Crippen molar-refractivity contribution in [3.8, 4) is 0 Å². The summed E-state index contributed by atoms with van der Waals surface area (Å²) in [7, 11) is 7.20. The van der Waals surface area contributed by atoms with E-state index in [1.165, 1.54) is 16.2 Å². The molecule has 0 bridgehead atoms. The summed E-state index contributed by atoms with van der Waals surface area (Å²) in [5.74, 6) is 0.496. The maximum Gasteiger partial charge on any atom is 0.407 e. The van der Waals surface area contributed by atoms with Gasteiger partial charge < -0.3 is 24.8 Å². The van der Waals surface area contributed by atoms with Crippen LogP contribution in [0.1, 0.15) is 48.6 Å². The van der Waals surface area contributed by atoms with Crippen molar-refractivity contribution in [2.24, 2.45) is 5.41 Å². The van der Waals surface area contributed by atoms with Crippen LogP contribution in [-0.4, -0.2) is 91.9 Å². The highest BCUT2D eigenvalue weighted by molar-refractivity contribution is 5.64. The minimum absolute atomic E-state index is 0.115. The molecule has 0 aromatic carbocycles. The Kier molecular flexibility index (Phi) is 8.32. The predicted molar refractivity (Wildman–Crippen MR) is 118 cm³/mol. The smallest absolute Gasteiger partial charge is 0.407 e. The summed E-state index contributed by atoms with van der Waals surface area (Å²) in [4.78, 5) is 14.6. The molecular formula is C22H39N5O4. The van der Waals surface area contributed by atoms with Gasteiger partial charge in [0.2, 0.25) is 0 Å². The standard InChI is InChI=1S/C22H39N5O4/c1-25(11-12-26(2)21(28)29)14-18-20(19-13-23-9-10-27(19)24-18)17-5-7-22(8-6-17,15-30-3)16-31-4/h17,23H,5-16H2,1-4H3,(H,28,29). The van der Waals surface area contributed by atoms with Gasteiger partial charge in [0.05, 0.1) is 31.1 Å². The second-order valence-electron chi connectivity index (χ2n) is 9.29. The van der Waals surface area contributed by atoms with Crippen LogP contribution in [-0.2, 0) is 29.1 Å². The van der Waals surface area contributed by atoms with Gasteiger partial charge in [-0.15, -0.1) is 0 Å². The minimum Gasteiger partial charge on any atom is -0.465 e. The summed E-state index contributed by atoms with van der Waals surface area (Å²) in [6.07, 6.45) is 3.52. The highest BCUT2D eigenvalue weighted by Gasteiger charge is 2.38. The van der Waals surface area contributed by atoms with Gasteiger partial charge in [-0.1, -0.05) is 0 Å². The van der Waals surface area contributed by atoms with E-state index in [1.807, 2.05) is 7.05 Å². The van der Waals surface area contributed by atoms with Gasteiger partial charge in [-0.25, -0.2) is 4.79 Å². The molecule has 9 nitrogen and oxygen atoms in total. The summed E-state index contributed by atoms with van der Waals surface area (Å²) >= 11 is 0. The normalized spacial score (nSPS) is 18.9. The molecule has 2 aliphatic rings. The van der Waals surface area contributed by atoms with Crippen molar-refractivity contribution in [3.05, 3.63) is 17.0 Å². The van der Waals surface area contributed by atoms with Gasteiger partial charge in [0, 0.05) is 65.0 Å². The van der Waals surface area contributed by atoms with Gasteiger partial charge in [-0.05, 0) is 38.6 Å². The van der Waals surface area contributed by atoms with Gasteiger partial charge in [0.25, 0.3) is 0 Å². The van der Waals surface area contributed by atoms with Crippen molar-refractivity contribution in [2.45, 2.75) is 51.2 Å². The number of hydrogen-bond acceptors (Lipinski definition) is 6. The zero-order valence-electron chi connectivity index (χ0n) is 19.5. The van der Waals surface area contributed by atoms with E-state index in [4.69, 9.17) is 19.7 Å². The average molecular weight is 438 g/mol. The number of rotatable bonds is 10. The van der Waals surface area contributed by atoms with E-state index in [9.17, 15) is 4.79 Å². The van der Waals surface area contributed by atoms with Crippen molar-refractivity contribution in [3.63, 3.8) is 0 Å². The van der Waals surface area contributed by atoms with Crippen LogP contribution < -0.4 is 5.32 Å². The van der Waals surface area contributed by atoms with Crippen LogP contribution in [0.3, 0.4) is 0 Å². The van der Waals surface area contributed by atoms with Crippen LogP contribution in [0.5, 0.6) is 0 Å². The molecule has 1 aromatic rings. The molecule has 31 heavy (non-hydrogen) atoms. The van der Waals surface area contributed by atoms with Crippen LogP contribution in [0.15, 0.2) is 0 Å². The Morgan fingerprint density at radius 2 is 1.90 bits per heavy atom. The monoisotopic (exact) mass is 437 g/mol. The third kappa shape index (κ3) is 5.77. The molecule has 2 heterocycles. The summed E-state index contributed by atoms with van der Waals surface area (Å²) in [6, 6.07) is 0. The Balaban J connectivity index is 1.74. The number of carbonyl (C=O) groups is 1. The molecule has 1 aromatic heterocycles. The van der Waals surface area contributed by atoms with Crippen LogP contribution in [0.4, 0.5) is 4.79 Å². The minimum atomic E-state index is -0.893. The number of likely N-dealkylation sites (N-methyl/N-ethyl adjacent to an activating group) is 2. The van der Waals surface area contributed by atoms with Crippen molar-refractivity contribution < 1.29 is 19.4 Å². The average Bonchev–Trinajstić information content (AvgIpc) is 3.10. The Bertz CT molecular complexity index is 722. The number of nitrogens with one attached hydrogen (secondary N) is 1. The van der Waals surface area contributed by atoms with Gasteiger partial charge in [0.1, 0.15) is 0 Å². The number of carboxylic acid groups (broad SMARTS) is 1. The van der Waals surface area contributed by atoms with Crippen LogP contribution >= 0.6 is 0 Å². The SMILES string of the molecule is COCC1(COC)CCC(c2c(CN(C)CCN(C)C(=O)O)nn3c2CNCC3)CC1. The molecule has 9 heteroatoms. The lowest BCUT2D eigenvalue weighted by atomic mass is 9.69. The molecule has 1 saturated carbocycles. The first-order valence-corrected chi connectivity index (χ1v) is 11.3. The lowest BCUT2D eigenvalue weighted by molar-refractivity contribution is -0.0170. The zero-order valence-corrected chi connectivity index (χ0v) is 19.5. The number of hydrogen-bond donors (Lipinski definition) is 2. The molecule has 0 atom stereocenters. The molecule has 0 unspecified atom stereocenters. The third-order valence-electron chi connectivity index (χ3n) is 6.89. The van der Waals surface area contributed by atoms with Crippen molar-refractivity contribution in [2.75, 3.05) is 61.2 Å². The second kappa shape index (κ2) is 10.8. The molecule has 176 valence electrons. The Morgan fingerprint density at radius 1 is 1.23 bits per heavy atom. The van der Waals surface area contributed by atoms with E-state index in [0.29, 0.717) is 19.0 Å². The fraction of sp³-hybridized carbons (Fsp3) is 0.818. The summed E-state index contributed by atoms with van der Waals surface area (Å²) in [5.41, 5.74) is 4.00. The topological polar surface area (TPSA) is 92.1 Å². The second-order valence-corrected chi connectivity index (χ2v) is 9.29. The first-order chi connectivity index (χ1) is 14.9. The van der Waals surface area contributed by atoms with Crippen molar-refractivity contribution in [1.82, 2.24) is 24.9 Å². The van der Waals surface area contributed by atoms with E-state index in [1.54, 1.807) is 21.3 Å². The third-order valence-corrected chi connectivity index (χ3v) is 6.89. The molecule has 1 aliphatic heterocycles. The highest BCUT2D eigenvalue weighted by atomic mass is 16.5. The molecule has 0 saturated heterocycles. The molecular weight excluding hydrogens is 398 g/mol. The van der Waals surface area contributed by atoms with Crippen LogP contribution in [0, 0.1) is 5.41 Å². The fourth-order valence-corrected chi connectivity index (χ4v) is 5.13. The fourth-order valence-electron chi connectivity index (χ4n) is 5.13. The van der Waals surface area contributed by atoms with Crippen LogP contribution in [0.25, 0.3) is 0 Å². The van der Waals surface area contributed by atoms with Crippen LogP contribution in [0.2, 0.25) is 0 Å². The van der Waals surface area contributed by atoms with Crippen molar-refractivity contribution in [1.29, 1.82) is 0 Å². The maximum atomic E-state index is 11.1. The van der Waals surface area contributed by atoms with Gasteiger partial charge in [-0.3, -0.25) is 9.58 Å². The molecule has 1 amide bonds. The largest absolute Gasteiger partial charge is 0.465 e. The Labute approximate surface area is 185 Å². The molecule has 1 fully saturated rings. The maximum absolute atomic E-state index is 11.1. The van der Waals surface area contributed by atoms with E-state index in [-0.39, 0.29) is 5.41 Å². The Morgan fingerprint density at radius 3 is 2.52 bits per heavy atom. The van der Waals surface area contributed by atoms with E-state index >= 15 is 0 Å². The summed E-state index contributed by atoms with van der Waals surface area (Å²) < 4.78 is 13.3. The summed E-state index contributed by atoms with van der Waals surface area (Å²) in [5, 5.41) is 17.6. The van der Waals surface area contributed by atoms with E-state index in [0.717, 1.165) is 70.8 Å². The number of methoxy groups -OCH3 is 2. The van der Waals surface area contributed by atoms with Gasteiger partial charge in [-0.2, -0.15) is 5.10 Å². The van der Waals surface area contributed by atoms with Gasteiger partial charge in [0.15, 0.2) is 0 Å². The molecule has 1 aliphatic carbocycles.